The zero-order valence-electron chi connectivity index (χ0n) is 9.22. The smallest absolute Gasteiger partial charge is 0.0121 e. The van der Waals surface area contributed by atoms with E-state index in [4.69, 9.17) is 0 Å². The van der Waals surface area contributed by atoms with Crippen molar-refractivity contribution in [2.45, 2.75) is 59.5 Å². The van der Waals surface area contributed by atoms with Crippen LogP contribution in [0.5, 0.6) is 0 Å². The van der Waals surface area contributed by atoms with Crippen molar-refractivity contribution in [2.24, 2.45) is 5.41 Å². The van der Waals surface area contributed by atoms with E-state index in [1.54, 1.807) is 0 Å². The highest BCUT2D eigenvalue weighted by Crippen LogP contribution is 2.35. The second-order valence-electron chi connectivity index (χ2n) is 5.10. The molecule has 72 valence electrons. The van der Waals surface area contributed by atoms with Gasteiger partial charge in [-0.05, 0) is 45.6 Å². The van der Waals surface area contributed by atoms with Gasteiger partial charge in [-0.25, -0.2) is 0 Å². The third-order valence-electron chi connectivity index (χ3n) is 3.53. The molecule has 1 nitrogen and oxygen atoms in total. The van der Waals surface area contributed by atoms with Crippen molar-refractivity contribution in [1.82, 2.24) is 4.90 Å². The van der Waals surface area contributed by atoms with Crippen LogP contribution >= 0.6 is 0 Å². The van der Waals surface area contributed by atoms with Crippen molar-refractivity contribution in [1.29, 1.82) is 0 Å². The molecular formula is C11H23N. The highest BCUT2D eigenvalue weighted by molar-refractivity contribution is 4.88. The number of hydrogen-bond donors (Lipinski definition) is 0. The van der Waals surface area contributed by atoms with Crippen molar-refractivity contribution in [3.8, 4) is 0 Å². The first-order chi connectivity index (χ1) is 5.45. The minimum atomic E-state index is 0.516. The lowest BCUT2D eigenvalue weighted by molar-refractivity contribution is 0.0267. The van der Waals surface area contributed by atoms with Crippen LogP contribution in [0.15, 0.2) is 0 Å². The summed E-state index contributed by atoms with van der Waals surface area (Å²) in [5, 5.41) is 0. The molecule has 1 saturated heterocycles. The van der Waals surface area contributed by atoms with E-state index < -0.39 is 0 Å². The van der Waals surface area contributed by atoms with Crippen molar-refractivity contribution in [3.63, 3.8) is 0 Å². The first kappa shape index (κ1) is 10.0. The summed E-state index contributed by atoms with van der Waals surface area (Å²) in [7, 11) is 0. The van der Waals surface area contributed by atoms with Crippen LogP contribution < -0.4 is 0 Å². The fraction of sp³-hybridized carbons (Fsp3) is 1.00. The molecule has 0 aromatic carbocycles. The molecule has 1 atom stereocenters. The zero-order chi connectivity index (χ0) is 9.35. The summed E-state index contributed by atoms with van der Waals surface area (Å²) in [6.45, 7) is 13.1. The predicted molar refractivity (Wildman–Crippen MR) is 54.3 cm³/mol. The van der Waals surface area contributed by atoms with E-state index in [9.17, 15) is 0 Å². The SMILES string of the molecule is CC(C)N1CCCC(C)(C)C1C. The van der Waals surface area contributed by atoms with Gasteiger partial charge in [-0.15, -0.1) is 0 Å². The number of hydrogen-bond acceptors (Lipinski definition) is 1. The molecule has 0 spiro atoms. The molecule has 1 unspecified atom stereocenters. The molecule has 0 aliphatic carbocycles. The van der Waals surface area contributed by atoms with E-state index in [1.807, 2.05) is 0 Å². The summed E-state index contributed by atoms with van der Waals surface area (Å²) in [5.74, 6) is 0. The van der Waals surface area contributed by atoms with Crippen molar-refractivity contribution in [3.05, 3.63) is 0 Å². The standard InChI is InChI=1S/C11H23N/c1-9(2)12-8-6-7-11(4,5)10(12)3/h9-10H,6-8H2,1-5H3. The Balaban J connectivity index is 2.66. The topological polar surface area (TPSA) is 3.24 Å². The molecule has 0 bridgehead atoms. The summed E-state index contributed by atoms with van der Waals surface area (Å²) >= 11 is 0. The van der Waals surface area contributed by atoms with Crippen LogP contribution in [-0.4, -0.2) is 23.5 Å². The van der Waals surface area contributed by atoms with Gasteiger partial charge in [-0.2, -0.15) is 0 Å². The maximum absolute atomic E-state index is 2.63. The molecular weight excluding hydrogens is 146 g/mol. The Hall–Kier alpha value is -0.0400. The monoisotopic (exact) mass is 169 g/mol. The molecule has 1 rings (SSSR count). The third-order valence-corrected chi connectivity index (χ3v) is 3.53. The van der Waals surface area contributed by atoms with Crippen LogP contribution in [0.1, 0.15) is 47.5 Å². The number of piperidine rings is 1. The summed E-state index contributed by atoms with van der Waals surface area (Å²) < 4.78 is 0. The Bertz CT molecular complexity index is 149. The predicted octanol–water partition coefficient (Wildman–Crippen LogP) is 2.91. The van der Waals surface area contributed by atoms with Gasteiger partial charge >= 0.3 is 0 Å². The molecule has 1 fully saturated rings. The molecule has 12 heavy (non-hydrogen) atoms. The molecule has 0 aromatic heterocycles. The van der Waals surface area contributed by atoms with E-state index in [1.165, 1.54) is 19.4 Å². The van der Waals surface area contributed by atoms with Crippen LogP contribution in [-0.2, 0) is 0 Å². The highest BCUT2D eigenvalue weighted by Gasteiger charge is 2.34. The van der Waals surface area contributed by atoms with Crippen LogP contribution in [0.2, 0.25) is 0 Å². The van der Waals surface area contributed by atoms with Crippen molar-refractivity contribution < 1.29 is 0 Å². The Kier molecular flexibility index (Phi) is 2.82. The second-order valence-corrected chi connectivity index (χ2v) is 5.10. The first-order valence-electron chi connectivity index (χ1n) is 5.21. The normalized spacial score (nSPS) is 31.0. The molecule has 1 aliphatic rings. The molecule has 0 amide bonds. The van der Waals surface area contributed by atoms with Gasteiger partial charge in [0.1, 0.15) is 0 Å². The Labute approximate surface area is 77.1 Å². The van der Waals surface area contributed by atoms with E-state index in [-0.39, 0.29) is 0 Å². The first-order valence-corrected chi connectivity index (χ1v) is 5.21. The maximum Gasteiger partial charge on any atom is 0.0121 e. The maximum atomic E-state index is 2.63. The van der Waals surface area contributed by atoms with Gasteiger partial charge in [-0.3, -0.25) is 4.90 Å². The van der Waals surface area contributed by atoms with E-state index >= 15 is 0 Å². The molecule has 0 aromatic rings. The Morgan fingerprint density at radius 2 is 1.92 bits per heavy atom. The summed E-state index contributed by atoms with van der Waals surface area (Å²) in [6, 6.07) is 1.45. The fourth-order valence-electron chi connectivity index (χ4n) is 2.27. The third kappa shape index (κ3) is 1.82. The van der Waals surface area contributed by atoms with E-state index in [2.05, 4.69) is 39.5 Å². The zero-order valence-corrected chi connectivity index (χ0v) is 9.22. The molecule has 1 aliphatic heterocycles. The lowest BCUT2D eigenvalue weighted by atomic mass is 9.77. The van der Waals surface area contributed by atoms with Gasteiger partial charge in [0.25, 0.3) is 0 Å². The quantitative estimate of drug-likeness (QED) is 0.583. The van der Waals surface area contributed by atoms with Crippen LogP contribution in [0.4, 0.5) is 0 Å². The number of nitrogens with zero attached hydrogens (tertiary/aromatic N) is 1. The summed E-state index contributed by atoms with van der Waals surface area (Å²) in [6.07, 6.45) is 2.76. The molecule has 1 heteroatoms. The van der Waals surface area contributed by atoms with Crippen LogP contribution in [0, 0.1) is 5.41 Å². The average molecular weight is 169 g/mol. The highest BCUT2D eigenvalue weighted by atomic mass is 15.2. The van der Waals surface area contributed by atoms with Gasteiger partial charge in [-0.1, -0.05) is 13.8 Å². The fourth-order valence-corrected chi connectivity index (χ4v) is 2.27. The Morgan fingerprint density at radius 1 is 1.33 bits per heavy atom. The molecule has 1 heterocycles. The lowest BCUT2D eigenvalue weighted by Crippen LogP contribution is -2.50. The number of rotatable bonds is 1. The largest absolute Gasteiger partial charge is 0.298 e. The van der Waals surface area contributed by atoms with Crippen LogP contribution in [0.25, 0.3) is 0 Å². The average Bonchev–Trinajstić information content (AvgIpc) is 1.94. The van der Waals surface area contributed by atoms with Gasteiger partial charge in [0, 0.05) is 12.1 Å². The second kappa shape index (κ2) is 3.37. The van der Waals surface area contributed by atoms with E-state index in [0.717, 1.165) is 6.04 Å². The van der Waals surface area contributed by atoms with Crippen molar-refractivity contribution in [2.75, 3.05) is 6.54 Å². The molecule has 0 saturated carbocycles. The minimum absolute atomic E-state index is 0.516. The molecule has 0 radical (unpaired) electrons. The van der Waals surface area contributed by atoms with Gasteiger partial charge in [0.2, 0.25) is 0 Å². The Morgan fingerprint density at radius 3 is 2.33 bits per heavy atom. The summed E-state index contributed by atoms with van der Waals surface area (Å²) in [4.78, 5) is 2.63. The summed E-state index contributed by atoms with van der Waals surface area (Å²) in [5.41, 5.74) is 0.516. The van der Waals surface area contributed by atoms with Gasteiger partial charge < -0.3 is 0 Å². The van der Waals surface area contributed by atoms with Crippen molar-refractivity contribution >= 4 is 0 Å². The van der Waals surface area contributed by atoms with Gasteiger partial charge in [0.15, 0.2) is 0 Å². The lowest BCUT2D eigenvalue weighted by Gasteiger charge is -2.46. The van der Waals surface area contributed by atoms with Crippen LogP contribution in [0.3, 0.4) is 0 Å². The number of likely N-dealkylation sites (tertiary alicyclic amines) is 1. The minimum Gasteiger partial charge on any atom is -0.298 e. The van der Waals surface area contributed by atoms with Gasteiger partial charge in [0.05, 0.1) is 0 Å². The molecule has 0 N–H and O–H groups in total. The van der Waals surface area contributed by atoms with E-state index in [0.29, 0.717) is 11.5 Å².